The van der Waals surface area contributed by atoms with Gasteiger partial charge in [-0.1, -0.05) is 36.4 Å². The lowest BCUT2D eigenvalue weighted by molar-refractivity contribution is 0.0985. The van der Waals surface area contributed by atoms with Crippen molar-refractivity contribution in [3.63, 3.8) is 0 Å². The summed E-state index contributed by atoms with van der Waals surface area (Å²) in [4.78, 5) is 32.1. The number of amides is 3. The minimum absolute atomic E-state index is 0.306. The highest BCUT2D eigenvalue weighted by atomic mass is 16.5. The molecule has 0 N–H and O–H groups in total. The van der Waals surface area contributed by atoms with E-state index in [1.165, 1.54) is 4.90 Å². The minimum Gasteiger partial charge on any atom is -0.497 e. The molecule has 158 valence electrons. The van der Waals surface area contributed by atoms with E-state index in [1.54, 1.807) is 48.4 Å². The molecule has 1 heterocycles. The van der Waals surface area contributed by atoms with Crippen LogP contribution < -0.4 is 14.5 Å². The van der Waals surface area contributed by atoms with Crippen molar-refractivity contribution in [1.29, 1.82) is 0 Å². The number of benzene rings is 3. The number of rotatable bonds is 4. The van der Waals surface area contributed by atoms with Crippen molar-refractivity contribution in [2.75, 3.05) is 43.1 Å². The van der Waals surface area contributed by atoms with Crippen LogP contribution in [0.25, 0.3) is 0 Å². The van der Waals surface area contributed by atoms with Crippen LogP contribution in [0.5, 0.6) is 5.75 Å². The second-order valence-corrected chi connectivity index (χ2v) is 7.30. The number of carbonyl (C=O) groups is 2. The van der Waals surface area contributed by atoms with Gasteiger partial charge in [0.05, 0.1) is 12.8 Å². The van der Waals surface area contributed by atoms with Gasteiger partial charge in [0.1, 0.15) is 5.75 Å². The largest absolute Gasteiger partial charge is 0.497 e. The Morgan fingerprint density at radius 1 is 0.774 bits per heavy atom. The molecular formula is C25H25N3O3. The third-order valence-corrected chi connectivity index (χ3v) is 5.42. The second-order valence-electron chi connectivity index (χ2n) is 7.30. The van der Waals surface area contributed by atoms with Gasteiger partial charge in [-0.05, 0) is 48.5 Å². The van der Waals surface area contributed by atoms with E-state index < -0.39 is 0 Å². The molecule has 0 spiro atoms. The maximum absolute atomic E-state index is 13.5. The number of anilines is 2. The van der Waals surface area contributed by atoms with Crippen LogP contribution in [-0.2, 0) is 0 Å². The number of nitrogens with zero attached hydrogens (tertiary/aromatic N) is 3. The molecule has 0 radical (unpaired) electrons. The van der Waals surface area contributed by atoms with Crippen LogP contribution in [0.2, 0.25) is 0 Å². The standard InChI is InChI=1S/C25H25N3O3/c1-31-23-14-12-20(13-15-23)24(29)28(22-10-6-3-7-11-22)25(30)27-18-16-26(17-19-27)21-8-4-2-5-9-21/h2-15H,16-19H2,1H3. The number of ether oxygens (including phenoxy) is 1. The maximum Gasteiger partial charge on any atom is 0.331 e. The van der Waals surface area contributed by atoms with Crippen molar-refractivity contribution < 1.29 is 14.3 Å². The Labute approximate surface area is 182 Å². The molecule has 1 saturated heterocycles. The summed E-state index contributed by atoms with van der Waals surface area (Å²) in [6.07, 6.45) is 0. The summed E-state index contributed by atoms with van der Waals surface area (Å²) in [5.41, 5.74) is 2.13. The van der Waals surface area contributed by atoms with Gasteiger partial charge in [0.25, 0.3) is 5.91 Å². The highest BCUT2D eigenvalue weighted by Crippen LogP contribution is 2.22. The molecule has 3 aromatic rings. The van der Waals surface area contributed by atoms with Crippen LogP contribution in [0, 0.1) is 0 Å². The van der Waals surface area contributed by atoms with Crippen molar-refractivity contribution in [1.82, 2.24) is 4.90 Å². The first kappa shape index (κ1) is 20.5. The van der Waals surface area contributed by atoms with Crippen molar-refractivity contribution in [3.8, 4) is 5.75 Å². The van der Waals surface area contributed by atoms with E-state index in [4.69, 9.17) is 4.74 Å². The number of carbonyl (C=O) groups excluding carboxylic acids is 2. The summed E-state index contributed by atoms with van der Waals surface area (Å²) in [6, 6.07) is 25.7. The van der Waals surface area contributed by atoms with Gasteiger partial charge in [0.2, 0.25) is 0 Å². The third-order valence-electron chi connectivity index (χ3n) is 5.42. The van der Waals surface area contributed by atoms with Gasteiger partial charge in [-0.25, -0.2) is 9.69 Å². The fourth-order valence-corrected chi connectivity index (χ4v) is 3.69. The van der Waals surface area contributed by atoms with Gasteiger partial charge in [0, 0.05) is 37.4 Å². The molecule has 1 aliphatic heterocycles. The van der Waals surface area contributed by atoms with Crippen LogP contribution in [-0.4, -0.2) is 50.1 Å². The fraction of sp³-hybridized carbons (Fsp3) is 0.200. The molecule has 0 saturated carbocycles. The van der Waals surface area contributed by atoms with Crippen LogP contribution in [0.1, 0.15) is 10.4 Å². The summed E-state index contributed by atoms with van der Waals surface area (Å²) < 4.78 is 5.18. The maximum atomic E-state index is 13.5. The normalized spacial score (nSPS) is 13.6. The summed E-state index contributed by atoms with van der Waals surface area (Å²) in [5.74, 6) is 0.301. The molecule has 3 amide bonds. The molecular weight excluding hydrogens is 390 g/mol. The molecule has 3 aromatic carbocycles. The number of hydrogen-bond donors (Lipinski definition) is 0. The molecule has 0 aromatic heterocycles. The molecule has 0 aliphatic carbocycles. The predicted octanol–water partition coefficient (Wildman–Crippen LogP) is 4.28. The number of methoxy groups -OCH3 is 1. The van der Waals surface area contributed by atoms with E-state index in [-0.39, 0.29) is 11.9 Å². The Bertz CT molecular complexity index is 1010. The smallest absolute Gasteiger partial charge is 0.331 e. The third kappa shape index (κ3) is 4.53. The van der Waals surface area contributed by atoms with Crippen LogP contribution in [0.3, 0.4) is 0 Å². The highest BCUT2D eigenvalue weighted by molar-refractivity contribution is 6.20. The van der Waals surface area contributed by atoms with Gasteiger partial charge in [0.15, 0.2) is 0 Å². The molecule has 4 rings (SSSR count). The Morgan fingerprint density at radius 2 is 1.35 bits per heavy atom. The lowest BCUT2D eigenvalue weighted by Gasteiger charge is -2.38. The topological polar surface area (TPSA) is 53.1 Å². The molecule has 6 nitrogen and oxygen atoms in total. The fourth-order valence-electron chi connectivity index (χ4n) is 3.69. The zero-order valence-electron chi connectivity index (χ0n) is 17.5. The average Bonchev–Trinajstić information content (AvgIpc) is 2.85. The van der Waals surface area contributed by atoms with Crippen LogP contribution >= 0.6 is 0 Å². The summed E-state index contributed by atoms with van der Waals surface area (Å²) in [7, 11) is 1.58. The van der Waals surface area contributed by atoms with E-state index in [9.17, 15) is 9.59 Å². The number of piperazine rings is 1. The number of urea groups is 1. The molecule has 0 bridgehead atoms. The number of hydrogen-bond acceptors (Lipinski definition) is 4. The Balaban J connectivity index is 1.54. The minimum atomic E-state index is -0.357. The monoisotopic (exact) mass is 415 g/mol. The lowest BCUT2D eigenvalue weighted by Crippen LogP contribution is -2.54. The SMILES string of the molecule is COc1ccc(C(=O)N(C(=O)N2CCN(c3ccccc3)CC2)c2ccccc2)cc1. The van der Waals surface area contributed by atoms with Gasteiger partial charge >= 0.3 is 6.03 Å². The van der Waals surface area contributed by atoms with E-state index in [2.05, 4.69) is 17.0 Å². The first-order valence-corrected chi connectivity index (χ1v) is 10.3. The highest BCUT2D eigenvalue weighted by Gasteiger charge is 2.31. The molecule has 0 unspecified atom stereocenters. The number of para-hydroxylation sites is 2. The van der Waals surface area contributed by atoms with Gasteiger partial charge in [-0.3, -0.25) is 4.79 Å². The van der Waals surface area contributed by atoms with Crippen molar-refractivity contribution in [3.05, 3.63) is 90.5 Å². The Morgan fingerprint density at radius 3 is 1.94 bits per heavy atom. The summed E-state index contributed by atoms with van der Waals surface area (Å²) in [5, 5.41) is 0. The first-order valence-electron chi connectivity index (χ1n) is 10.3. The van der Waals surface area contributed by atoms with Crippen LogP contribution in [0.4, 0.5) is 16.2 Å². The van der Waals surface area contributed by atoms with Crippen molar-refractivity contribution >= 4 is 23.3 Å². The van der Waals surface area contributed by atoms with Crippen molar-refractivity contribution in [2.45, 2.75) is 0 Å². The van der Waals surface area contributed by atoms with Gasteiger partial charge in [-0.2, -0.15) is 0 Å². The second kappa shape index (κ2) is 9.34. The quantitative estimate of drug-likeness (QED) is 0.638. The predicted molar refractivity (Wildman–Crippen MR) is 122 cm³/mol. The number of imide groups is 1. The molecule has 1 fully saturated rings. The van der Waals surface area contributed by atoms with E-state index in [1.807, 2.05) is 36.4 Å². The average molecular weight is 415 g/mol. The Hall–Kier alpha value is -3.80. The Kier molecular flexibility index (Phi) is 6.17. The van der Waals surface area contributed by atoms with Crippen molar-refractivity contribution in [2.24, 2.45) is 0 Å². The first-order chi connectivity index (χ1) is 15.2. The molecule has 0 atom stereocenters. The zero-order valence-corrected chi connectivity index (χ0v) is 17.5. The van der Waals surface area contributed by atoms with Crippen LogP contribution in [0.15, 0.2) is 84.9 Å². The lowest BCUT2D eigenvalue weighted by atomic mass is 10.1. The summed E-state index contributed by atoms with van der Waals surface area (Å²) >= 11 is 0. The molecule has 31 heavy (non-hydrogen) atoms. The van der Waals surface area contributed by atoms with Gasteiger partial charge in [-0.15, -0.1) is 0 Å². The van der Waals surface area contributed by atoms with Gasteiger partial charge < -0.3 is 14.5 Å². The molecule has 6 heteroatoms. The molecule has 1 aliphatic rings. The van der Waals surface area contributed by atoms with E-state index in [0.717, 1.165) is 18.8 Å². The summed E-state index contributed by atoms with van der Waals surface area (Å²) in [6.45, 7) is 2.53. The van der Waals surface area contributed by atoms with E-state index in [0.29, 0.717) is 30.1 Å². The van der Waals surface area contributed by atoms with E-state index >= 15 is 0 Å². The zero-order chi connectivity index (χ0) is 21.6.